The summed E-state index contributed by atoms with van der Waals surface area (Å²) in [4.78, 5) is 23.9. The van der Waals surface area contributed by atoms with Crippen LogP contribution in [0, 0.1) is 0 Å². The quantitative estimate of drug-likeness (QED) is 0.749. The Morgan fingerprint density at radius 3 is 2.28 bits per heavy atom. The molecule has 25 heavy (non-hydrogen) atoms. The van der Waals surface area contributed by atoms with E-state index in [-0.39, 0.29) is 23.7 Å². The number of hydrazine groups is 1. The van der Waals surface area contributed by atoms with Gasteiger partial charge in [-0.2, -0.15) is 0 Å². The largest absolute Gasteiger partial charge is 0.496 e. The molecule has 0 aliphatic heterocycles. The summed E-state index contributed by atoms with van der Waals surface area (Å²) in [6.07, 6.45) is 0. The number of hydrogen-bond donors (Lipinski definition) is 2. The Hall–Kier alpha value is -2.15. The average molecular weight is 404 g/mol. The van der Waals surface area contributed by atoms with Crippen molar-refractivity contribution in [2.45, 2.75) is 0 Å². The van der Waals surface area contributed by atoms with Crippen LogP contribution in [0.2, 0.25) is 15.1 Å². The molecule has 2 rings (SSSR count). The van der Waals surface area contributed by atoms with Crippen molar-refractivity contribution in [2.75, 3.05) is 13.7 Å². The molecule has 0 heterocycles. The van der Waals surface area contributed by atoms with Gasteiger partial charge in [0.05, 0.1) is 17.7 Å². The second kappa shape index (κ2) is 8.80. The van der Waals surface area contributed by atoms with E-state index in [4.69, 9.17) is 44.3 Å². The van der Waals surface area contributed by atoms with Gasteiger partial charge in [-0.3, -0.25) is 20.4 Å². The number of benzene rings is 2. The van der Waals surface area contributed by atoms with Crippen LogP contribution in [0.25, 0.3) is 0 Å². The van der Waals surface area contributed by atoms with Crippen LogP contribution < -0.4 is 20.3 Å². The van der Waals surface area contributed by atoms with Crippen molar-refractivity contribution < 1.29 is 19.1 Å². The van der Waals surface area contributed by atoms with Crippen molar-refractivity contribution in [3.63, 3.8) is 0 Å². The summed E-state index contributed by atoms with van der Waals surface area (Å²) in [6.45, 7) is -0.363. The molecule has 2 N–H and O–H groups in total. The van der Waals surface area contributed by atoms with Gasteiger partial charge >= 0.3 is 0 Å². The molecule has 2 aromatic rings. The molecule has 6 nitrogen and oxygen atoms in total. The maximum Gasteiger partial charge on any atom is 0.276 e. The molecule has 0 aliphatic rings. The molecule has 0 spiro atoms. The summed E-state index contributed by atoms with van der Waals surface area (Å²) < 4.78 is 10.3. The van der Waals surface area contributed by atoms with Gasteiger partial charge in [-0.05, 0) is 30.3 Å². The first-order chi connectivity index (χ1) is 11.9. The van der Waals surface area contributed by atoms with Crippen LogP contribution in [-0.4, -0.2) is 25.5 Å². The first-order valence-corrected chi connectivity index (χ1v) is 8.04. The molecule has 2 amide bonds. The Balaban J connectivity index is 1.89. The number of hydrogen-bond acceptors (Lipinski definition) is 4. The fourth-order valence-electron chi connectivity index (χ4n) is 1.81. The minimum absolute atomic E-state index is 0.214. The van der Waals surface area contributed by atoms with Crippen LogP contribution in [0.5, 0.6) is 11.5 Å². The fourth-order valence-corrected chi connectivity index (χ4v) is 2.31. The Morgan fingerprint density at radius 1 is 0.960 bits per heavy atom. The first kappa shape index (κ1) is 19.2. The Labute approximate surface area is 158 Å². The predicted molar refractivity (Wildman–Crippen MR) is 95.6 cm³/mol. The van der Waals surface area contributed by atoms with Crippen LogP contribution in [0.15, 0.2) is 36.4 Å². The summed E-state index contributed by atoms with van der Waals surface area (Å²) in [5.74, 6) is -0.615. The Morgan fingerprint density at radius 2 is 1.60 bits per heavy atom. The van der Waals surface area contributed by atoms with Gasteiger partial charge in [0.2, 0.25) is 0 Å². The zero-order valence-corrected chi connectivity index (χ0v) is 15.2. The summed E-state index contributed by atoms with van der Waals surface area (Å²) in [5.41, 5.74) is 4.69. The minimum Gasteiger partial charge on any atom is -0.496 e. The molecule has 132 valence electrons. The van der Waals surface area contributed by atoms with Crippen molar-refractivity contribution in [3.8, 4) is 11.5 Å². The van der Waals surface area contributed by atoms with Crippen molar-refractivity contribution in [1.29, 1.82) is 0 Å². The van der Waals surface area contributed by atoms with Crippen LogP contribution in [0.4, 0.5) is 0 Å². The molecule has 0 saturated carbocycles. The molecular formula is C16H13Cl3N2O4. The molecule has 2 aromatic carbocycles. The number of methoxy groups -OCH3 is 1. The van der Waals surface area contributed by atoms with E-state index < -0.39 is 11.8 Å². The lowest BCUT2D eigenvalue weighted by molar-refractivity contribution is -0.123. The summed E-state index contributed by atoms with van der Waals surface area (Å²) in [7, 11) is 1.41. The molecule has 0 unspecified atom stereocenters. The van der Waals surface area contributed by atoms with Crippen LogP contribution in [0.3, 0.4) is 0 Å². The van der Waals surface area contributed by atoms with Gasteiger partial charge in [0, 0.05) is 16.1 Å². The van der Waals surface area contributed by atoms with Gasteiger partial charge < -0.3 is 9.47 Å². The van der Waals surface area contributed by atoms with Crippen molar-refractivity contribution in [3.05, 3.63) is 57.0 Å². The van der Waals surface area contributed by atoms with E-state index in [1.54, 1.807) is 12.1 Å². The second-order valence-corrected chi connectivity index (χ2v) is 5.99. The summed E-state index contributed by atoms with van der Waals surface area (Å²) in [5, 5.41) is 1.15. The zero-order chi connectivity index (χ0) is 18.4. The number of carbonyl (C=O) groups is 2. The smallest absolute Gasteiger partial charge is 0.276 e. The molecule has 0 radical (unpaired) electrons. The van der Waals surface area contributed by atoms with Crippen molar-refractivity contribution >= 4 is 46.6 Å². The number of nitrogens with one attached hydrogen (secondary N) is 2. The van der Waals surface area contributed by atoms with E-state index in [9.17, 15) is 9.59 Å². The third-order valence-electron chi connectivity index (χ3n) is 2.98. The van der Waals surface area contributed by atoms with Gasteiger partial charge in [0.15, 0.2) is 6.61 Å². The lowest BCUT2D eigenvalue weighted by Gasteiger charge is -2.11. The van der Waals surface area contributed by atoms with Gasteiger partial charge in [0.25, 0.3) is 11.8 Å². The Kier molecular flexibility index (Phi) is 6.75. The SMILES string of the molecule is COc1cc(Cl)ccc1C(=O)NNC(=O)COc1cc(Cl)ccc1Cl. The predicted octanol–water partition coefficient (Wildman–Crippen LogP) is 3.50. The lowest BCUT2D eigenvalue weighted by atomic mass is 10.2. The number of halogens is 3. The topological polar surface area (TPSA) is 76.7 Å². The highest BCUT2D eigenvalue weighted by atomic mass is 35.5. The van der Waals surface area contributed by atoms with E-state index in [1.807, 2.05) is 0 Å². The van der Waals surface area contributed by atoms with Crippen LogP contribution in [-0.2, 0) is 4.79 Å². The number of carbonyl (C=O) groups excluding carboxylic acids is 2. The molecule has 0 fully saturated rings. The second-order valence-electron chi connectivity index (χ2n) is 4.71. The third-order valence-corrected chi connectivity index (χ3v) is 3.76. The Bertz CT molecular complexity index is 799. The standard InChI is InChI=1S/C16H13Cl3N2O4/c1-24-13-6-9(17)2-4-11(13)16(23)21-20-15(22)8-25-14-7-10(18)3-5-12(14)19/h2-7H,8H2,1H3,(H,20,22)(H,21,23). The maximum absolute atomic E-state index is 12.1. The highest BCUT2D eigenvalue weighted by molar-refractivity contribution is 6.34. The van der Waals surface area contributed by atoms with E-state index >= 15 is 0 Å². The van der Waals surface area contributed by atoms with Crippen molar-refractivity contribution in [2.24, 2.45) is 0 Å². The zero-order valence-electron chi connectivity index (χ0n) is 12.9. The van der Waals surface area contributed by atoms with Crippen molar-refractivity contribution in [1.82, 2.24) is 10.9 Å². The molecule has 0 atom stereocenters. The molecule has 0 bridgehead atoms. The van der Waals surface area contributed by atoms with E-state index in [1.165, 1.54) is 31.4 Å². The number of amides is 2. The van der Waals surface area contributed by atoms with E-state index in [2.05, 4.69) is 10.9 Å². The van der Waals surface area contributed by atoms with E-state index in [0.717, 1.165) is 0 Å². The minimum atomic E-state index is -0.586. The van der Waals surface area contributed by atoms with Crippen LogP contribution in [0.1, 0.15) is 10.4 Å². The van der Waals surface area contributed by atoms with Crippen LogP contribution >= 0.6 is 34.8 Å². The number of rotatable bonds is 5. The highest BCUT2D eigenvalue weighted by Gasteiger charge is 2.14. The fraction of sp³-hybridized carbons (Fsp3) is 0.125. The monoisotopic (exact) mass is 402 g/mol. The number of ether oxygens (including phenoxy) is 2. The normalized spacial score (nSPS) is 10.1. The maximum atomic E-state index is 12.1. The van der Waals surface area contributed by atoms with Gasteiger partial charge in [-0.1, -0.05) is 34.8 Å². The van der Waals surface area contributed by atoms with Gasteiger partial charge in [-0.25, -0.2) is 0 Å². The van der Waals surface area contributed by atoms with Gasteiger partial charge in [-0.15, -0.1) is 0 Å². The molecule has 0 saturated heterocycles. The average Bonchev–Trinajstić information content (AvgIpc) is 2.60. The highest BCUT2D eigenvalue weighted by Crippen LogP contribution is 2.27. The first-order valence-electron chi connectivity index (χ1n) is 6.91. The lowest BCUT2D eigenvalue weighted by Crippen LogP contribution is -2.43. The molecule has 9 heteroatoms. The summed E-state index contributed by atoms with van der Waals surface area (Å²) >= 11 is 17.6. The molecular weight excluding hydrogens is 391 g/mol. The van der Waals surface area contributed by atoms with Gasteiger partial charge in [0.1, 0.15) is 11.5 Å². The molecule has 0 aliphatic carbocycles. The summed E-state index contributed by atoms with van der Waals surface area (Å²) in [6, 6.07) is 9.12. The molecule has 0 aromatic heterocycles. The van der Waals surface area contributed by atoms with E-state index in [0.29, 0.717) is 15.1 Å². The third kappa shape index (κ3) is 5.42.